The predicted octanol–water partition coefficient (Wildman–Crippen LogP) is 3.69. The van der Waals surface area contributed by atoms with E-state index in [1.807, 2.05) is 24.3 Å². The zero-order chi connectivity index (χ0) is 17.9. The second-order valence-electron chi connectivity index (χ2n) is 7.38. The minimum absolute atomic E-state index is 0.561. The van der Waals surface area contributed by atoms with Gasteiger partial charge in [-0.1, -0.05) is 6.92 Å². The maximum atomic E-state index is 9.06. The first-order chi connectivity index (χ1) is 12.8. The number of benzene rings is 1. The molecule has 1 fully saturated rings. The highest BCUT2D eigenvalue weighted by atomic mass is 15.3. The molecule has 0 radical (unpaired) electrons. The molecule has 0 aliphatic carbocycles. The summed E-state index contributed by atoms with van der Waals surface area (Å²) in [6, 6.07) is 9.95. The molecule has 4 rings (SSSR count). The van der Waals surface area contributed by atoms with E-state index >= 15 is 0 Å². The molecule has 26 heavy (non-hydrogen) atoms. The normalized spacial score (nSPS) is 18.6. The lowest BCUT2D eigenvalue weighted by molar-refractivity contribution is 0.220. The summed E-state index contributed by atoms with van der Waals surface area (Å²) in [6.45, 7) is 6.74. The highest BCUT2D eigenvalue weighted by molar-refractivity contribution is 5.55. The monoisotopic (exact) mass is 349 g/mol. The van der Waals surface area contributed by atoms with Crippen LogP contribution in [0.2, 0.25) is 0 Å². The number of fused-ring (bicyclic) bond motifs is 1. The Morgan fingerprint density at radius 1 is 1.19 bits per heavy atom. The van der Waals surface area contributed by atoms with Crippen LogP contribution in [0.4, 0.5) is 5.82 Å². The smallest absolute Gasteiger partial charge is 0.133 e. The third-order valence-electron chi connectivity index (χ3n) is 5.82. The van der Waals surface area contributed by atoms with Crippen LogP contribution in [-0.4, -0.2) is 40.9 Å². The molecule has 5 heteroatoms. The van der Waals surface area contributed by atoms with Crippen molar-refractivity contribution in [1.29, 1.82) is 5.26 Å². The van der Waals surface area contributed by atoms with Gasteiger partial charge in [-0.15, -0.1) is 0 Å². The van der Waals surface area contributed by atoms with Gasteiger partial charge in [-0.05, 0) is 76.0 Å². The summed E-state index contributed by atoms with van der Waals surface area (Å²) in [5.74, 6) is 1.73. The Morgan fingerprint density at radius 3 is 2.65 bits per heavy atom. The van der Waals surface area contributed by atoms with Crippen LogP contribution in [0.5, 0.6) is 0 Å². The Balaban J connectivity index is 1.71. The first-order valence-corrected chi connectivity index (χ1v) is 9.88. The van der Waals surface area contributed by atoms with Gasteiger partial charge in [0.05, 0.1) is 23.0 Å². The van der Waals surface area contributed by atoms with E-state index in [9.17, 15) is 0 Å². The Hall–Kier alpha value is -2.32. The average molecular weight is 349 g/mol. The van der Waals surface area contributed by atoms with Crippen LogP contribution >= 0.6 is 0 Å². The van der Waals surface area contributed by atoms with Crippen LogP contribution in [0.25, 0.3) is 5.69 Å². The molecule has 0 bridgehead atoms. The summed E-state index contributed by atoms with van der Waals surface area (Å²) >= 11 is 0. The molecule has 1 saturated heterocycles. The quantitative estimate of drug-likeness (QED) is 0.918. The van der Waals surface area contributed by atoms with Crippen molar-refractivity contribution in [3.63, 3.8) is 0 Å². The fourth-order valence-electron chi connectivity index (χ4n) is 4.24. The maximum absolute atomic E-state index is 9.06. The summed E-state index contributed by atoms with van der Waals surface area (Å²) < 4.78 is 2.07. The van der Waals surface area contributed by atoms with Gasteiger partial charge in [-0.3, -0.25) is 0 Å². The van der Waals surface area contributed by atoms with E-state index in [4.69, 9.17) is 10.4 Å². The number of rotatable bonds is 3. The summed E-state index contributed by atoms with van der Waals surface area (Å²) in [7, 11) is 0. The molecule has 0 saturated carbocycles. The lowest BCUT2D eigenvalue weighted by Crippen LogP contribution is -2.33. The van der Waals surface area contributed by atoms with Crippen LogP contribution in [0.15, 0.2) is 24.3 Å². The van der Waals surface area contributed by atoms with Crippen molar-refractivity contribution < 1.29 is 0 Å². The van der Waals surface area contributed by atoms with Crippen molar-refractivity contribution in [2.45, 2.75) is 44.9 Å². The molecular formula is C21H27N5. The zero-order valence-corrected chi connectivity index (χ0v) is 15.5. The highest BCUT2D eigenvalue weighted by Gasteiger charge is 2.28. The molecule has 1 aromatic heterocycles. The van der Waals surface area contributed by atoms with Gasteiger partial charge >= 0.3 is 0 Å². The molecule has 3 heterocycles. The molecule has 0 unspecified atom stereocenters. The summed E-state index contributed by atoms with van der Waals surface area (Å²) in [6.07, 6.45) is 5.94. The van der Waals surface area contributed by atoms with Crippen LogP contribution in [0, 0.1) is 11.3 Å². The fourth-order valence-corrected chi connectivity index (χ4v) is 4.24. The molecule has 0 amide bonds. The Kier molecular flexibility index (Phi) is 4.94. The number of aromatic nitrogens is 2. The van der Waals surface area contributed by atoms with Crippen LogP contribution < -0.4 is 5.32 Å². The van der Waals surface area contributed by atoms with E-state index in [0.717, 1.165) is 25.2 Å². The lowest BCUT2D eigenvalue weighted by atomic mass is 9.90. The van der Waals surface area contributed by atoms with Crippen molar-refractivity contribution in [1.82, 2.24) is 14.7 Å². The molecule has 1 N–H and O–H groups in total. The number of piperidine rings is 1. The number of nitrogens with one attached hydrogen (secondary N) is 1. The van der Waals surface area contributed by atoms with Gasteiger partial charge in [-0.25, -0.2) is 4.68 Å². The van der Waals surface area contributed by atoms with Gasteiger partial charge in [0.15, 0.2) is 0 Å². The number of likely N-dealkylation sites (tertiary alicyclic amines) is 1. The number of nitrogens with zero attached hydrogens (tertiary/aromatic N) is 4. The Labute approximate surface area is 155 Å². The largest absolute Gasteiger partial charge is 0.370 e. The van der Waals surface area contributed by atoms with Crippen LogP contribution in [-0.2, 0) is 6.42 Å². The second kappa shape index (κ2) is 7.51. The van der Waals surface area contributed by atoms with Gasteiger partial charge in [0.25, 0.3) is 0 Å². The maximum Gasteiger partial charge on any atom is 0.133 e. The van der Waals surface area contributed by atoms with Crippen LogP contribution in [0.3, 0.4) is 0 Å². The van der Waals surface area contributed by atoms with Crippen molar-refractivity contribution in [2.24, 2.45) is 0 Å². The summed E-state index contributed by atoms with van der Waals surface area (Å²) in [5, 5.41) is 17.8. The molecule has 2 aliphatic rings. The number of hydrogen-bond acceptors (Lipinski definition) is 4. The molecule has 2 aliphatic heterocycles. The van der Waals surface area contributed by atoms with E-state index in [2.05, 4.69) is 27.9 Å². The minimum atomic E-state index is 0.561. The number of nitriles is 1. The van der Waals surface area contributed by atoms with Crippen molar-refractivity contribution >= 4 is 5.82 Å². The third kappa shape index (κ3) is 3.22. The molecule has 0 spiro atoms. The lowest BCUT2D eigenvalue weighted by Gasteiger charge is -2.30. The van der Waals surface area contributed by atoms with E-state index in [1.165, 1.54) is 55.8 Å². The highest BCUT2D eigenvalue weighted by Crippen LogP contribution is 2.36. The number of hydrogen-bond donors (Lipinski definition) is 1. The summed E-state index contributed by atoms with van der Waals surface area (Å²) in [4.78, 5) is 2.53. The zero-order valence-electron chi connectivity index (χ0n) is 15.5. The van der Waals surface area contributed by atoms with Gasteiger partial charge in [-0.2, -0.15) is 10.4 Å². The molecule has 136 valence electrons. The first kappa shape index (κ1) is 17.1. The Bertz CT molecular complexity index is 791. The molecule has 2 aromatic rings. The first-order valence-electron chi connectivity index (χ1n) is 9.88. The molecular weight excluding hydrogens is 322 g/mol. The standard InChI is InChI=1S/C21H27N5/c1-2-25-13-10-17(11-14-25)20-19-5-3-4-12-23-21(19)26(24-20)18-8-6-16(15-22)7-9-18/h6-9,17,23H,2-5,10-14H2,1H3. The number of anilines is 1. The van der Waals surface area contributed by atoms with E-state index in [-0.39, 0.29) is 0 Å². The van der Waals surface area contributed by atoms with Gasteiger partial charge < -0.3 is 10.2 Å². The molecule has 5 nitrogen and oxygen atoms in total. The fraction of sp³-hybridized carbons (Fsp3) is 0.524. The minimum Gasteiger partial charge on any atom is -0.370 e. The van der Waals surface area contributed by atoms with Gasteiger partial charge in [0.2, 0.25) is 0 Å². The second-order valence-corrected chi connectivity index (χ2v) is 7.38. The molecule has 1 aromatic carbocycles. The van der Waals surface area contributed by atoms with E-state index < -0.39 is 0 Å². The predicted molar refractivity (Wildman–Crippen MR) is 104 cm³/mol. The summed E-state index contributed by atoms with van der Waals surface area (Å²) in [5.41, 5.74) is 4.44. The average Bonchev–Trinajstić information content (AvgIpc) is 2.89. The van der Waals surface area contributed by atoms with Crippen molar-refractivity contribution in [3.8, 4) is 11.8 Å². The topological polar surface area (TPSA) is 56.9 Å². The SMILES string of the molecule is CCN1CCC(c2nn(-c3ccc(C#N)cc3)c3c2CCCCN3)CC1. The van der Waals surface area contributed by atoms with Crippen LogP contribution in [0.1, 0.15) is 55.3 Å². The third-order valence-corrected chi connectivity index (χ3v) is 5.82. The van der Waals surface area contributed by atoms with E-state index in [1.54, 1.807) is 0 Å². The van der Waals surface area contributed by atoms with E-state index in [0.29, 0.717) is 11.5 Å². The van der Waals surface area contributed by atoms with Gasteiger partial charge in [0, 0.05) is 18.0 Å². The Morgan fingerprint density at radius 2 is 1.96 bits per heavy atom. The van der Waals surface area contributed by atoms with Crippen molar-refractivity contribution in [3.05, 3.63) is 41.1 Å². The van der Waals surface area contributed by atoms with Crippen molar-refractivity contribution in [2.75, 3.05) is 31.5 Å². The molecule has 0 atom stereocenters. The van der Waals surface area contributed by atoms with Gasteiger partial charge in [0.1, 0.15) is 5.82 Å².